The van der Waals surface area contributed by atoms with E-state index in [0.717, 1.165) is 110 Å². The first-order valence-electron chi connectivity index (χ1n) is 52.0. The average molecular weight is 1460 g/mol. The van der Waals surface area contributed by atoms with Gasteiger partial charge < -0.3 is 49.2 Å². The molecule has 105 heavy (non-hydrogen) atoms. The smallest absolute Gasteiger partial charge is 0.127 e. The standard InChI is InChI=1S/5C19H26O2/c5*1-5-6-13-10-16(20)18-14-9-12(2)7-8-15(14)19(3,4)21-17(18)11-13/h5*9-11,14-15,20H,5-8H2,1-4H3/i2D3,3D3,4D3;3D3,4D3;2D3,3D3;3D3;2D3. The lowest BCUT2D eigenvalue weighted by atomic mass is 9.68. The molecule has 0 amide bonds. The van der Waals surface area contributed by atoms with Gasteiger partial charge in [-0.15, -0.1) is 0 Å². The third-order valence-corrected chi connectivity index (χ3v) is 23.3. The van der Waals surface area contributed by atoms with Gasteiger partial charge in [0.05, 0.1) is 0 Å². The number of aromatic hydroxyl groups is 5. The first-order valence-corrected chi connectivity index (χ1v) is 38.5. The first kappa shape index (κ1) is 50.4. The summed E-state index contributed by atoms with van der Waals surface area (Å²) < 4.78 is 245. The van der Waals surface area contributed by atoms with E-state index >= 15 is 0 Å². The lowest BCUT2D eigenvalue weighted by Crippen LogP contribution is -2.45. The molecule has 12 unspecified atom stereocenters. The van der Waals surface area contributed by atoms with Crippen molar-refractivity contribution in [3.8, 4) is 57.5 Å². The van der Waals surface area contributed by atoms with Crippen molar-refractivity contribution in [2.24, 2.45) is 29.6 Å². The molecule has 10 aliphatic rings. The van der Waals surface area contributed by atoms with Crippen LogP contribution in [0.15, 0.2) is 119 Å². The summed E-state index contributed by atoms with van der Waals surface area (Å²) in [7, 11) is 0. The van der Waals surface area contributed by atoms with Crippen LogP contribution in [0.5, 0.6) is 57.5 Å². The van der Waals surface area contributed by atoms with Crippen LogP contribution in [0.1, 0.15) is 356 Å². The van der Waals surface area contributed by atoms with E-state index in [0.29, 0.717) is 90.0 Å². The summed E-state index contributed by atoms with van der Waals surface area (Å²) in [5, 5.41) is 53.3. The van der Waals surface area contributed by atoms with E-state index < -0.39 is 120 Å². The van der Waals surface area contributed by atoms with Crippen molar-refractivity contribution < 1.29 is 86.2 Å². The average Bonchev–Trinajstić information content (AvgIpc) is 0.697. The molecular weight excluding hydrogens is 1300 g/mol. The minimum atomic E-state index is -3.00. The second-order valence-electron chi connectivity index (χ2n) is 32.1. The Morgan fingerprint density at radius 1 is 0.305 bits per heavy atom. The van der Waals surface area contributed by atoms with E-state index in [1.165, 1.54) is 11.6 Å². The van der Waals surface area contributed by atoms with E-state index in [1.807, 2.05) is 52.0 Å². The van der Waals surface area contributed by atoms with Gasteiger partial charge in [0.1, 0.15) is 85.5 Å². The van der Waals surface area contributed by atoms with Crippen molar-refractivity contribution in [1.29, 1.82) is 0 Å². The van der Waals surface area contributed by atoms with Gasteiger partial charge in [0, 0.05) is 124 Å². The van der Waals surface area contributed by atoms with Crippen molar-refractivity contribution in [2.75, 3.05) is 0 Å². The number of hydrogen-bond acceptors (Lipinski definition) is 10. The van der Waals surface area contributed by atoms with E-state index in [4.69, 9.17) is 60.7 Å². The summed E-state index contributed by atoms with van der Waals surface area (Å²) in [6.07, 6.45) is 21.8. The highest BCUT2D eigenvalue weighted by Crippen LogP contribution is 2.59. The van der Waals surface area contributed by atoms with Gasteiger partial charge in [0.15, 0.2) is 0 Å². The number of benzene rings is 5. The molecule has 10 nitrogen and oxygen atoms in total. The first-order chi connectivity index (χ1) is 60.7. The van der Waals surface area contributed by atoms with E-state index in [9.17, 15) is 25.5 Å². The number of ether oxygens (including phenoxy) is 5. The lowest BCUT2D eigenvalue weighted by Gasteiger charge is -2.46. The lowest BCUT2D eigenvalue weighted by molar-refractivity contribution is 0.0104. The number of phenolic OH excluding ortho intramolecular Hbond substituents is 5. The van der Waals surface area contributed by atoms with Crippen LogP contribution in [0.4, 0.5) is 0 Å². The predicted octanol–water partition coefficient (Wildman–Crippen LogP) is 24.8. The summed E-state index contributed by atoms with van der Waals surface area (Å²) in [5.74, 6) is -2.20. The summed E-state index contributed by atoms with van der Waals surface area (Å²) >= 11 is 0. The fraction of sp³-hybridized carbons (Fsp3) is 0.579. The van der Waals surface area contributed by atoms with Gasteiger partial charge in [0.2, 0.25) is 0 Å². The van der Waals surface area contributed by atoms with Crippen molar-refractivity contribution >= 4 is 0 Å². The monoisotopic (exact) mass is 1460 g/mol. The highest BCUT2D eigenvalue weighted by Gasteiger charge is 2.50. The Morgan fingerprint density at radius 2 is 0.505 bits per heavy atom. The zero-order valence-corrected chi connectivity index (χ0v) is 63.4. The summed E-state index contributed by atoms with van der Waals surface area (Å²) in [4.78, 5) is 0. The molecule has 15 rings (SSSR count). The zero-order chi connectivity index (χ0) is 98.5. The third kappa shape index (κ3) is 16.8. The maximum absolute atomic E-state index is 10.7. The molecule has 5 aromatic rings. The van der Waals surface area contributed by atoms with Crippen LogP contribution in [0.3, 0.4) is 0 Å². The molecule has 0 radical (unpaired) electrons. The van der Waals surface area contributed by atoms with Gasteiger partial charge in [-0.2, -0.15) is 0 Å². The third-order valence-electron chi connectivity index (χ3n) is 23.3. The number of aryl methyl sites for hydroxylation is 5. The maximum Gasteiger partial charge on any atom is 0.127 e. The van der Waals surface area contributed by atoms with Crippen molar-refractivity contribution in [3.05, 3.63) is 175 Å². The Kier molecular flexibility index (Phi) is 15.2. The molecule has 0 bridgehead atoms. The Balaban J connectivity index is 0.000000159. The van der Waals surface area contributed by atoms with Gasteiger partial charge in [-0.25, -0.2) is 0 Å². The number of allylic oxidation sites excluding steroid dienone is 10. The molecule has 0 aromatic heterocycles. The van der Waals surface area contributed by atoms with Crippen molar-refractivity contribution in [1.82, 2.24) is 0 Å². The van der Waals surface area contributed by atoms with Crippen LogP contribution in [-0.2, 0) is 32.1 Å². The number of fused-ring (bicyclic) bond motifs is 15. The van der Waals surface area contributed by atoms with E-state index in [-0.39, 0.29) is 93.5 Å². The molecule has 10 heteroatoms. The zero-order valence-electron chi connectivity index (χ0n) is 90.4. The molecule has 0 saturated carbocycles. The molecular formula is C95H130O10. The Hall–Kier alpha value is -7.20. The van der Waals surface area contributed by atoms with Crippen LogP contribution < -0.4 is 23.7 Å². The molecule has 0 spiro atoms. The molecule has 0 fully saturated rings. The topological polar surface area (TPSA) is 147 Å². The molecule has 5 heterocycles. The highest BCUT2D eigenvalue weighted by molar-refractivity contribution is 5.59. The normalized spacial score (nSPS) is 33.1. The van der Waals surface area contributed by atoms with Crippen LogP contribution in [0.25, 0.3) is 0 Å². The number of phenols is 5. The van der Waals surface area contributed by atoms with Crippen LogP contribution in [-0.4, -0.2) is 53.5 Å². The SMILES string of the molecule is [2H]C([2H])([2H])C1(C([2H])([2H])[2H])Oc2cc(CCC)cc(O)c2C2C=C(C)CCC21.[2H]C([2H])([2H])C1(C)Oc2cc(CCC)cc(O)c2C2C=C(C)CCC21.[2H]C([2H])([2H])C1=CC2c3c(O)cc(CCC)cc3OC(C([2H])([2H])[2H])(C([2H])([2H])[2H])C2CC1.[2H]C([2H])([2H])C1=CC2c3c(O)cc(CCC)cc3OC(C)(C([2H])([2H])[2H])C2CC1.[2H]C([2H])([2H])C1=CC2c3c(O)cc(CCC)cc3OC(C)(C)C2CC1. The minimum Gasteiger partial charge on any atom is -0.507 e. The van der Waals surface area contributed by atoms with Gasteiger partial charge >= 0.3 is 0 Å². The summed E-state index contributed by atoms with van der Waals surface area (Å²) in [6, 6.07) is 17.5. The van der Waals surface area contributed by atoms with Gasteiger partial charge in [-0.3, -0.25) is 0 Å². The Labute approximate surface area is 669 Å². The Morgan fingerprint density at radius 3 is 0.733 bits per heavy atom. The molecule has 5 aromatic carbocycles. The Bertz CT molecular complexity index is 5180. The second kappa shape index (κ2) is 31.6. The number of rotatable bonds is 10. The molecule has 5 N–H and O–H groups in total. The second-order valence-corrected chi connectivity index (χ2v) is 32.1. The molecule has 12 atom stereocenters. The van der Waals surface area contributed by atoms with Crippen molar-refractivity contribution in [3.63, 3.8) is 0 Å². The maximum atomic E-state index is 10.7. The molecule has 5 aliphatic carbocycles. The molecule has 5 aliphatic heterocycles. The fourth-order valence-corrected chi connectivity index (χ4v) is 18.3. The van der Waals surface area contributed by atoms with Gasteiger partial charge in [0.25, 0.3) is 0 Å². The van der Waals surface area contributed by atoms with Crippen LogP contribution >= 0.6 is 0 Å². The molecule has 570 valence electrons. The largest absolute Gasteiger partial charge is 0.507 e. The van der Waals surface area contributed by atoms with Gasteiger partial charge in [-0.05, 0) is 288 Å². The van der Waals surface area contributed by atoms with Crippen molar-refractivity contribution in [2.45, 2.75) is 324 Å². The summed E-state index contributed by atoms with van der Waals surface area (Å²) in [5.41, 5.74) is 2.55. The highest BCUT2D eigenvalue weighted by atomic mass is 16.5. The van der Waals surface area contributed by atoms with Gasteiger partial charge in [-0.1, -0.05) is 125 Å². The fourth-order valence-electron chi connectivity index (χ4n) is 18.3. The van der Waals surface area contributed by atoms with E-state index in [1.54, 1.807) is 68.5 Å². The number of hydrogen-bond donors (Lipinski definition) is 5. The molecule has 0 saturated heterocycles. The van der Waals surface area contributed by atoms with Crippen LogP contribution in [0, 0.1) is 29.6 Å². The van der Waals surface area contributed by atoms with Crippen LogP contribution in [0.2, 0.25) is 0 Å². The quantitative estimate of drug-likeness (QED) is 0.0856. The summed E-state index contributed by atoms with van der Waals surface area (Å²) in [6.45, 7) is -1.39. The minimum absolute atomic E-state index is 0.00464. The van der Waals surface area contributed by atoms with E-state index in [2.05, 4.69) is 40.7 Å². The predicted molar refractivity (Wildman–Crippen MR) is 430 cm³/mol.